The first-order chi connectivity index (χ1) is 11.4. The average molecular weight is 330 g/mol. The molecule has 0 unspecified atom stereocenters. The Morgan fingerprint density at radius 1 is 1.29 bits per heavy atom. The molecular weight excluding hydrogens is 304 g/mol. The van der Waals surface area contributed by atoms with E-state index in [2.05, 4.69) is 29.5 Å². The Balaban J connectivity index is 1.83. The van der Waals surface area contributed by atoms with Gasteiger partial charge in [0, 0.05) is 18.2 Å². The third-order valence-corrected chi connectivity index (χ3v) is 4.92. The van der Waals surface area contributed by atoms with Crippen molar-refractivity contribution >= 4 is 0 Å². The Morgan fingerprint density at radius 3 is 2.71 bits per heavy atom. The number of rotatable bonds is 5. The molecule has 1 aromatic heterocycles. The van der Waals surface area contributed by atoms with Gasteiger partial charge in [0.15, 0.2) is 0 Å². The van der Waals surface area contributed by atoms with E-state index in [4.69, 9.17) is 4.74 Å². The molecule has 6 nitrogen and oxygen atoms in total. The summed E-state index contributed by atoms with van der Waals surface area (Å²) in [6, 6.07) is 7.94. The lowest BCUT2D eigenvalue weighted by atomic mass is 9.88. The van der Waals surface area contributed by atoms with Gasteiger partial charge in [-0.15, -0.1) is 5.10 Å². The Hall–Kier alpha value is -1.92. The Morgan fingerprint density at radius 2 is 2.00 bits per heavy atom. The minimum absolute atomic E-state index is 0.394. The van der Waals surface area contributed by atoms with Gasteiger partial charge in [0.1, 0.15) is 5.75 Å². The highest BCUT2D eigenvalue weighted by Gasteiger charge is 2.32. The van der Waals surface area contributed by atoms with Crippen molar-refractivity contribution in [2.45, 2.75) is 44.2 Å². The van der Waals surface area contributed by atoms with Crippen LogP contribution in [0.4, 0.5) is 0 Å². The SMILES string of the molecule is COc1ccccc1C(C)(C)n1cc(CC2(O)CCNCC2)nn1. The largest absolute Gasteiger partial charge is 0.496 e. The molecule has 0 bridgehead atoms. The van der Waals surface area contributed by atoms with Crippen molar-refractivity contribution in [1.29, 1.82) is 0 Å². The van der Waals surface area contributed by atoms with E-state index in [9.17, 15) is 5.11 Å². The van der Waals surface area contributed by atoms with Gasteiger partial charge in [0.2, 0.25) is 0 Å². The zero-order valence-corrected chi connectivity index (χ0v) is 14.6. The summed E-state index contributed by atoms with van der Waals surface area (Å²) in [4.78, 5) is 0. The molecule has 1 aliphatic heterocycles. The molecule has 0 radical (unpaired) electrons. The molecule has 24 heavy (non-hydrogen) atoms. The van der Waals surface area contributed by atoms with Crippen molar-refractivity contribution in [2.24, 2.45) is 0 Å². The summed E-state index contributed by atoms with van der Waals surface area (Å²) >= 11 is 0. The first-order valence-corrected chi connectivity index (χ1v) is 8.43. The van der Waals surface area contributed by atoms with E-state index >= 15 is 0 Å². The number of ether oxygens (including phenoxy) is 1. The van der Waals surface area contributed by atoms with Crippen LogP contribution < -0.4 is 10.1 Å². The van der Waals surface area contributed by atoms with Crippen LogP contribution in [0.25, 0.3) is 0 Å². The summed E-state index contributed by atoms with van der Waals surface area (Å²) in [6.07, 6.45) is 3.97. The second kappa shape index (κ2) is 6.53. The molecule has 3 rings (SSSR count). The summed E-state index contributed by atoms with van der Waals surface area (Å²) in [5.41, 5.74) is 0.793. The first kappa shape index (κ1) is 16.9. The summed E-state index contributed by atoms with van der Waals surface area (Å²) in [5, 5.41) is 22.6. The van der Waals surface area contributed by atoms with Crippen molar-refractivity contribution in [2.75, 3.05) is 20.2 Å². The van der Waals surface area contributed by atoms with Gasteiger partial charge < -0.3 is 15.2 Å². The number of methoxy groups -OCH3 is 1. The van der Waals surface area contributed by atoms with Gasteiger partial charge in [-0.05, 0) is 45.8 Å². The average Bonchev–Trinajstić information content (AvgIpc) is 3.04. The molecule has 1 aliphatic rings. The summed E-state index contributed by atoms with van der Waals surface area (Å²) in [5.74, 6) is 0.830. The number of aromatic nitrogens is 3. The number of nitrogens with zero attached hydrogens (tertiary/aromatic N) is 3. The first-order valence-electron chi connectivity index (χ1n) is 8.43. The second-order valence-electron chi connectivity index (χ2n) is 7.06. The number of hydrogen-bond donors (Lipinski definition) is 2. The van der Waals surface area contributed by atoms with E-state index in [1.807, 2.05) is 35.1 Å². The van der Waals surface area contributed by atoms with Gasteiger partial charge >= 0.3 is 0 Å². The van der Waals surface area contributed by atoms with E-state index in [0.29, 0.717) is 6.42 Å². The zero-order valence-electron chi connectivity index (χ0n) is 14.6. The Bertz CT molecular complexity index is 690. The zero-order chi connectivity index (χ0) is 17.2. The van der Waals surface area contributed by atoms with Crippen LogP contribution in [0.1, 0.15) is 37.9 Å². The fourth-order valence-electron chi connectivity index (χ4n) is 3.33. The van der Waals surface area contributed by atoms with Gasteiger partial charge in [0.25, 0.3) is 0 Å². The number of nitrogens with one attached hydrogen (secondary N) is 1. The quantitative estimate of drug-likeness (QED) is 0.873. The molecule has 2 heterocycles. The van der Waals surface area contributed by atoms with Crippen molar-refractivity contribution in [1.82, 2.24) is 20.3 Å². The smallest absolute Gasteiger partial charge is 0.124 e. The second-order valence-corrected chi connectivity index (χ2v) is 7.06. The number of hydrogen-bond acceptors (Lipinski definition) is 5. The molecular formula is C18H26N4O2. The number of para-hydroxylation sites is 1. The van der Waals surface area contributed by atoms with E-state index < -0.39 is 11.1 Å². The number of aliphatic hydroxyl groups is 1. The molecule has 0 atom stereocenters. The van der Waals surface area contributed by atoms with E-state index in [1.54, 1.807) is 7.11 Å². The van der Waals surface area contributed by atoms with Gasteiger partial charge in [-0.1, -0.05) is 23.4 Å². The summed E-state index contributed by atoms with van der Waals surface area (Å²) in [6.45, 7) is 5.86. The highest BCUT2D eigenvalue weighted by Crippen LogP contribution is 2.32. The maximum Gasteiger partial charge on any atom is 0.124 e. The van der Waals surface area contributed by atoms with Crippen molar-refractivity contribution in [3.05, 3.63) is 41.7 Å². The predicted octanol–water partition coefficient (Wildman–Crippen LogP) is 1.73. The molecule has 1 fully saturated rings. The van der Waals surface area contributed by atoms with Crippen LogP contribution in [0.15, 0.2) is 30.5 Å². The molecule has 1 aromatic carbocycles. The van der Waals surface area contributed by atoms with Crippen molar-refractivity contribution in [3.63, 3.8) is 0 Å². The van der Waals surface area contributed by atoms with Crippen LogP contribution in [0.2, 0.25) is 0 Å². The normalized spacial score (nSPS) is 17.7. The third kappa shape index (κ3) is 3.30. The van der Waals surface area contributed by atoms with Crippen LogP contribution >= 0.6 is 0 Å². The fourth-order valence-corrected chi connectivity index (χ4v) is 3.33. The van der Waals surface area contributed by atoms with Gasteiger partial charge in [-0.2, -0.15) is 0 Å². The monoisotopic (exact) mass is 330 g/mol. The lowest BCUT2D eigenvalue weighted by molar-refractivity contribution is 0.00998. The predicted molar refractivity (Wildman–Crippen MR) is 92.2 cm³/mol. The molecule has 6 heteroatoms. The molecule has 0 aliphatic carbocycles. The maximum absolute atomic E-state index is 10.7. The Labute approximate surface area is 142 Å². The minimum atomic E-state index is -0.680. The van der Waals surface area contributed by atoms with Crippen LogP contribution in [-0.2, 0) is 12.0 Å². The number of piperidine rings is 1. The van der Waals surface area contributed by atoms with Crippen molar-refractivity contribution in [3.8, 4) is 5.75 Å². The lowest BCUT2D eigenvalue weighted by Crippen LogP contribution is -2.43. The number of benzene rings is 1. The summed E-state index contributed by atoms with van der Waals surface area (Å²) in [7, 11) is 1.67. The van der Waals surface area contributed by atoms with Crippen LogP contribution in [0, 0.1) is 0 Å². The molecule has 0 saturated carbocycles. The lowest BCUT2D eigenvalue weighted by Gasteiger charge is -2.31. The van der Waals surface area contributed by atoms with Gasteiger partial charge in [-0.3, -0.25) is 0 Å². The molecule has 0 amide bonds. The van der Waals surface area contributed by atoms with Crippen molar-refractivity contribution < 1.29 is 9.84 Å². The van der Waals surface area contributed by atoms with Gasteiger partial charge in [0.05, 0.1) is 23.9 Å². The molecule has 130 valence electrons. The fraction of sp³-hybridized carbons (Fsp3) is 0.556. The highest BCUT2D eigenvalue weighted by molar-refractivity contribution is 5.38. The van der Waals surface area contributed by atoms with E-state index in [-0.39, 0.29) is 0 Å². The van der Waals surface area contributed by atoms with E-state index in [0.717, 1.165) is 42.9 Å². The molecule has 2 aromatic rings. The van der Waals surface area contributed by atoms with Gasteiger partial charge in [-0.25, -0.2) is 4.68 Å². The van der Waals surface area contributed by atoms with Crippen LogP contribution in [-0.4, -0.2) is 45.9 Å². The topological polar surface area (TPSA) is 72.2 Å². The molecule has 1 saturated heterocycles. The highest BCUT2D eigenvalue weighted by atomic mass is 16.5. The standard InChI is InChI=1S/C18H26N4O2/c1-17(2,15-6-4-5-7-16(15)24-3)22-13-14(20-21-22)12-18(23)8-10-19-11-9-18/h4-7,13,19,23H,8-12H2,1-3H3. The third-order valence-electron chi connectivity index (χ3n) is 4.92. The molecule has 2 N–H and O–H groups in total. The maximum atomic E-state index is 10.7. The van der Waals surface area contributed by atoms with E-state index in [1.165, 1.54) is 0 Å². The van der Waals surface area contributed by atoms with Crippen LogP contribution in [0.5, 0.6) is 5.75 Å². The molecule has 0 spiro atoms. The minimum Gasteiger partial charge on any atom is -0.496 e. The Kier molecular flexibility index (Phi) is 4.60. The summed E-state index contributed by atoms with van der Waals surface area (Å²) < 4.78 is 7.34. The van der Waals surface area contributed by atoms with Crippen LogP contribution in [0.3, 0.4) is 0 Å².